The van der Waals surface area contributed by atoms with Crippen LogP contribution in [0.3, 0.4) is 0 Å². The molecule has 1 aliphatic rings. The van der Waals surface area contributed by atoms with E-state index in [1.54, 1.807) is 29.2 Å². The maximum absolute atomic E-state index is 12.6. The molecule has 1 heterocycles. The Kier molecular flexibility index (Phi) is 6.09. The molecule has 1 unspecified atom stereocenters. The number of anilines is 1. The summed E-state index contributed by atoms with van der Waals surface area (Å²) in [6.45, 7) is 2.51. The third-order valence-electron chi connectivity index (χ3n) is 4.95. The van der Waals surface area contributed by atoms with Crippen LogP contribution >= 0.6 is 0 Å². The van der Waals surface area contributed by atoms with Crippen LogP contribution in [0, 0.1) is 6.92 Å². The van der Waals surface area contributed by atoms with Gasteiger partial charge in [-0.1, -0.05) is 42.0 Å². The quantitative estimate of drug-likeness (QED) is 0.780. The Balaban J connectivity index is 1.67. The number of ether oxygens (including phenoxy) is 1. The Morgan fingerprint density at radius 2 is 1.86 bits per heavy atom. The molecule has 0 saturated carbocycles. The molecule has 1 saturated heterocycles. The second kappa shape index (κ2) is 8.69. The highest BCUT2D eigenvalue weighted by molar-refractivity contribution is 6.01. The van der Waals surface area contributed by atoms with Gasteiger partial charge in [-0.15, -0.1) is 0 Å². The number of esters is 1. The summed E-state index contributed by atoms with van der Waals surface area (Å²) in [5.74, 6) is -0.675. The average Bonchev–Trinajstić information content (AvgIpc) is 3.02. The van der Waals surface area contributed by atoms with Crippen molar-refractivity contribution < 1.29 is 19.1 Å². The van der Waals surface area contributed by atoms with E-state index < -0.39 is 5.97 Å². The van der Waals surface area contributed by atoms with Crippen LogP contribution in [0.2, 0.25) is 0 Å². The molecule has 2 aromatic carbocycles. The fraction of sp³-hybridized carbons (Fsp3) is 0.318. The SMILES string of the molecule is COC(=O)c1ccccc1NC(=O)CC1CCC(=O)N1Cc1ccc(C)cc1. The lowest BCUT2D eigenvalue weighted by Crippen LogP contribution is -2.35. The Morgan fingerprint density at radius 3 is 2.57 bits per heavy atom. The first-order valence-electron chi connectivity index (χ1n) is 9.30. The van der Waals surface area contributed by atoms with Gasteiger partial charge < -0.3 is 15.0 Å². The van der Waals surface area contributed by atoms with Crippen LogP contribution < -0.4 is 5.32 Å². The molecule has 6 heteroatoms. The predicted molar refractivity (Wildman–Crippen MR) is 106 cm³/mol. The summed E-state index contributed by atoms with van der Waals surface area (Å²) in [4.78, 5) is 38.5. The zero-order chi connectivity index (χ0) is 20.1. The second-order valence-electron chi connectivity index (χ2n) is 6.99. The first kappa shape index (κ1) is 19.6. The van der Waals surface area contributed by atoms with Gasteiger partial charge in [-0.3, -0.25) is 9.59 Å². The number of para-hydroxylation sites is 1. The van der Waals surface area contributed by atoms with E-state index in [0.29, 0.717) is 30.6 Å². The molecular weight excluding hydrogens is 356 g/mol. The predicted octanol–water partition coefficient (Wildman–Crippen LogP) is 3.30. The molecule has 2 aromatic rings. The van der Waals surface area contributed by atoms with Crippen LogP contribution in [-0.2, 0) is 20.9 Å². The first-order chi connectivity index (χ1) is 13.5. The topological polar surface area (TPSA) is 75.7 Å². The molecule has 1 fully saturated rings. The third kappa shape index (κ3) is 4.57. The van der Waals surface area contributed by atoms with Crippen molar-refractivity contribution in [3.63, 3.8) is 0 Å². The minimum Gasteiger partial charge on any atom is -0.465 e. The standard InChI is InChI=1S/C22H24N2O4/c1-15-7-9-16(10-8-15)14-24-17(11-12-21(24)26)13-20(25)23-19-6-4-3-5-18(19)22(27)28-2/h3-10,17H,11-14H2,1-2H3,(H,23,25). The summed E-state index contributed by atoms with van der Waals surface area (Å²) in [6.07, 6.45) is 1.28. The van der Waals surface area contributed by atoms with E-state index in [4.69, 9.17) is 4.74 Å². The average molecular weight is 380 g/mol. The van der Waals surface area contributed by atoms with Crippen molar-refractivity contribution in [1.29, 1.82) is 0 Å². The zero-order valence-corrected chi connectivity index (χ0v) is 16.1. The van der Waals surface area contributed by atoms with Gasteiger partial charge in [0.1, 0.15) is 0 Å². The van der Waals surface area contributed by atoms with E-state index in [-0.39, 0.29) is 24.3 Å². The maximum atomic E-state index is 12.6. The van der Waals surface area contributed by atoms with Crippen molar-refractivity contribution >= 4 is 23.5 Å². The number of hydrogen-bond donors (Lipinski definition) is 1. The number of benzene rings is 2. The van der Waals surface area contributed by atoms with Crippen molar-refractivity contribution in [3.05, 3.63) is 65.2 Å². The fourth-order valence-electron chi connectivity index (χ4n) is 3.41. The number of methoxy groups -OCH3 is 1. The van der Waals surface area contributed by atoms with E-state index in [2.05, 4.69) is 5.32 Å². The summed E-state index contributed by atoms with van der Waals surface area (Å²) in [6, 6.07) is 14.6. The van der Waals surface area contributed by atoms with E-state index in [9.17, 15) is 14.4 Å². The van der Waals surface area contributed by atoms with Gasteiger partial charge in [-0.05, 0) is 31.0 Å². The fourth-order valence-corrected chi connectivity index (χ4v) is 3.41. The van der Waals surface area contributed by atoms with Gasteiger partial charge in [-0.25, -0.2) is 4.79 Å². The molecule has 1 aliphatic heterocycles. The number of amides is 2. The van der Waals surface area contributed by atoms with Gasteiger partial charge >= 0.3 is 5.97 Å². The first-order valence-corrected chi connectivity index (χ1v) is 9.30. The largest absolute Gasteiger partial charge is 0.465 e. The number of likely N-dealkylation sites (tertiary alicyclic amines) is 1. The van der Waals surface area contributed by atoms with E-state index in [1.807, 2.05) is 31.2 Å². The van der Waals surface area contributed by atoms with Crippen molar-refractivity contribution in [1.82, 2.24) is 4.90 Å². The molecular formula is C22H24N2O4. The smallest absolute Gasteiger partial charge is 0.339 e. The summed E-state index contributed by atoms with van der Waals surface area (Å²) in [5.41, 5.74) is 2.92. The van der Waals surface area contributed by atoms with Crippen molar-refractivity contribution in [2.45, 2.75) is 38.8 Å². The Labute approximate surface area is 164 Å². The highest BCUT2D eigenvalue weighted by atomic mass is 16.5. The number of nitrogens with zero attached hydrogens (tertiary/aromatic N) is 1. The van der Waals surface area contributed by atoms with E-state index in [0.717, 1.165) is 11.1 Å². The van der Waals surface area contributed by atoms with Crippen molar-refractivity contribution in [3.8, 4) is 0 Å². The molecule has 146 valence electrons. The molecule has 0 aromatic heterocycles. The highest BCUT2D eigenvalue weighted by Crippen LogP contribution is 2.25. The second-order valence-corrected chi connectivity index (χ2v) is 6.99. The van der Waals surface area contributed by atoms with Gasteiger partial charge in [0.25, 0.3) is 0 Å². The van der Waals surface area contributed by atoms with Crippen molar-refractivity contribution in [2.24, 2.45) is 0 Å². The Morgan fingerprint density at radius 1 is 1.14 bits per heavy atom. The lowest BCUT2D eigenvalue weighted by molar-refractivity contribution is -0.130. The van der Waals surface area contributed by atoms with Crippen LogP contribution in [0.4, 0.5) is 5.69 Å². The summed E-state index contributed by atoms with van der Waals surface area (Å²) >= 11 is 0. The van der Waals surface area contributed by atoms with Gasteiger partial charge in [0.15, 0.2) is 0 Å². The highest BCUT2D eigenvalue weighted by Gasteiger charge is 2.32. The molecule has 1 atom stereocenters. The third-order valence-corrected chi connectivity index (χ3v) is 4.95. The Bertz CT molecular complexity index is 876. The molecule has 2 amide bonds. The van der Waals surface area contributed by atoms with E-state index >= 15 is 0 Å². The van der Waals surface area contributed by atoms with Gasteiger partial charge in [0.05, 0.1) is 18.4 Å². The molecule has 3 rings (SSSR count). The minimum atomic E-state index is -0.507. The normalized spacial score (nSPS) is 16.1. The van der Waals surface area contributed by atoms with Gasteiger partial charge in [0.2, 0.25) is 11.8 Å². The zero-order valence-electron chi connectivity index (χ0n) is 16.1. The molecule has 0 bridgehead atoms. The molecule has 0 aliphatic carbocycles. The molecule has 6 nitrogen and oxygen atoms in total. The monoisotopic (exact) mass is 380 g/mol. The lowest BCUT2D eigenvalue weighted by atomic mass is 10.1. The number of carbonyl (C=O) groups excluding carboxylic acids is 3. The van der Waals surface area contributed by atoms with Gasteiger partial charge in [0, 0.05) is 25.4 Å². The molecule has 0 radical (unpaired) electrons. The molecule has 28 heavy (non-hydrogen) atoms. The van der Waals surface area contributed by atoms with Crippen LogP contribution in [0.15, 0.2) is 48.5 Å². The van der Waals surface area contributed by atoms with Crippen LogP contribution in [0.1, 0.15) is 40.7 Å². The summed E-state index contributed by atoms with van der Waals surface area (Å²) in [7, 11) is 1.30. The minimum absolute atomic E-state index is 0.0633. The van der Waals surface area contributed by atoms with Crippen LogP contribution in [0.25, 0.3) is 0 Å². The number of hydrogen-bond acceptors (Lipinski definition) is 4. The van der Waals surface area contributed by atoms with Crippen molar-refractivity contribution in [2.75, 3.05) is 12.4 Å². The molecule has 1 N–H and O–H groups in total. The molecule has 0 spiro atoms. The summed E-state index contributed by atoms with van der Waals surface area (Å²) in [5, 5.41) is 2.78. The number of nitrogens with one attached hydrogen (secondary N) is 1. The van der Waals surface area contributed by atoms with E-state index in [1.165, 1.54) is 7.11 Å². The maximum Gasteiger partial charge on any atom is 0.339 e. The number of carbonyl (C=O) groups is 3. The number of aryl methyl sites for hydroxylation is 1. The number of rotatable bonds is 6. The van der Waals surface area contributed by atoms with Crippen LogP contribution in [0.5, 0.6) is 0 Å². The van der Waals surface area contributed by atoms with Gasteiger partial charge in [-0.2, -0.15) is 0 Å². The summed E-state index contributed by atoms with van der Waals surface area (Å²) < 4.78 is 4.75. The Hall–Kier alpha value is -3.15. The van der Waals surface area contributed by atoms with Crippen LogP contribution in [-0.4, -0.2) is 35.8 Å². The lowest BCUT2D eigenvalue weighted by Gasteiger charge is -2.25.